The number of likely N-dealkylation sites (N-methyl/N-ethyl adjacent to an activating group) is 1. The third kappa shape index (κ3) is 1.53. The average Bonchev–Trinajstić information content (AvgIpc) is 2.77. The monoisotopic (exact) mass is 275 g/mol. The third-order valence-corrected chi connectivity index (χ3v) is 5.34. The first-order valence-corrected chi connectivity index (χ1v) is 7.83. The number of nitrogens with zero attached hydrogens (tertiary/aromatic N) is 1. The molecule has 4 rings (SSSR count). The highest BCUT2D eigenvalue weighted by atomic mass is 35.5. The van der Waals surface area contributed by atoms with Gasteiger partial charge in [-0.05, 0) is 31.4 Å². The maximum Gasteiger partial charge on any atom is 0.129 e. The van der Waals surface area contributed by atoms with Crippen LogP contribution in [-0.2, 0) is 13.0 Å². The highest BCUT2D eigenvalue weighted by molar-refractivity contribution is 6.35. The van der Waals surface area contributed by atoms with Crippen LogP contribution in [0.15, 0.2) is 18.2 Å². The van der Waals surface area contributed by atoms with Gasteiger partial charge in [0.05, 0.1) is 35.9 Å². The number of benzene rings is 1. The number of nitrogens with one attached hydrogen (secondary N) is 1. The lowest BCUT2D eigenvalue weighted by molar-refractivity contribution is -0.935. The molecule has 0 saturated carbocycles. The number of fused-ring (bicyclic) bond motifs is 3. The van der Waals surface area contributed by atoms with Crippen LogP contribution >= 0.6 is 11.6 Å². The van der Waals surface area contributed by atoms with Gasteiger partial charge >= 0.3 is 0 Å². The molecule has 1 aliphatic carbocycles. The number of para-hydroxylation sites is 1. The number of aromatic nitrogens is 1. The van der Waals surface area contributed by atoms with E-state index in [1.54, 1.807) is 16.2 Å². The van der Waals surface area contributed by atoms with Gasteiger partial charge in [-0.2, -0.15) is 0 Å². The molecule has 1 aromatic carbocycles. The van der Waals surface area contributed by atoms with Crippen LogP contribution in [0.2, 0.25) is 5.02 Å². The van der Waals surface area contributed by atoms with Crippen molar-refractivity contribution in [1.82, 2.24) is 4.57 Å². The number of halogens is 1. The van der Waals surface area contributed by atoms with Gasteiger partial charge < -0.3 is 9.47 Å². The van der Waals surface area contributed by atoms with Gasteiger partial charge in [-0.15, -0.1) is 0 Å². The van der Waals surface area contributed by atoms with E-state index < -0.39 is 0 Å². The number of quaternary nitrogens is 1. The molecule has 1 aromatic heterocycles. The zero-order valence-corrected chi connectivity index (χ0v) is 12.1. The summed E-state index contributed by atoms with van der Waals surface area (Å²) in [7, 11) is 0. The molecule has 2 atom stereocenters. The SMILES string of the molecule is CC[NH+]1CCn2c3c(c4cccc(Cl)c42)CCC[C@@H]31. The smallest absolute Gasteiger partial charge is 0.129 e. The zero-order valence-electron chi connectivity index (χ0n) is 11.4. The molecule has 2 heterocycles. The largest absolute Gasteiger partial charge is 0.332 e. The molecule has 100 valence electrons. The molecule has 0 saturated heterocycles. The van der Waals surface area contributed by atoms with Crippen LogP contribution in [0.25, 0.3) is 10.9 Å². The van der Waals surface area contributed by atoms with Crippen molar-refractivity contribution in [1.29, 1.82) is 0 Å². The molecule has 0 fully saturated rings. The van der Waals surface area contributed by atoms with Crippen LogP contribution in [0.3, 0.4) is 0 Å². The summed E-state index contributed by atoms with van der Waals surface area (Å²) in [6.45, 7) is 5.91. The van der Waals surface area contributed by atoms with Gasteiger partial charge in [0, 0.05) is 11.8 Å². The first-order valence-electron chi connectivity index (χ1n) is 7.45. The molecule has 1 aliphatic heterocycles. The molecule has 19 heavy (non-hydrogen) atoms. The Morgan fingerprint density at radius 2 is 2.32 bits per heavy atom. The summed E-state index contributed by atoms with van der Waals surface area (Å²) in [5.41, 5.74) is 4.47. The molecule has 2 aliphatic rings. The van der Waals surface area contributed by atoms with E-state index in [1.807, 2.05) is 6.07 Å². The van der Waals surface area contributed by atoms with Crippen LogP contribution in [-0.4, -0.2) is 17.7 Å². The van der Waals surface area contributed by atoms with Crippen LogP contribution in [0.4, 0.5) is 0 Å². The lowest BCUT2D eigenvalue weighted by Crippen LogP contribution is -3.13. The van der Waals surface area contributed by atoms with Gasteiger partial charge in [0.15, 0.2) is 0 Å². The van der Waals surface area contributed by atoms with E-state index in [4.69, 9.17) is 11.6 Å². The van der Waals surface area contributed by atoms with Crippen LogP contribution in [0.1, 0.15) is 37.1 Å². The zero-order chi connectivity index (χ0) is 13.0. The van der Waals surface area contributed by atoms with E-state index in [1.165, 1.54) is 43.3 Å². The number of hydrogen-bond acceptors (Lipinski definition) is 0. The fourth-order valence-electron chi connectivity index (χ4n) is 4.22. The van der Waals surface area contributed by atoms with E-state index in [0.29, 0.717) is 6.04 Å². The minimum Gasteiger partial charge on any atom is -0.332 e. The lowest BCUT2D eigenvalue weighted by Gasteiger charge is -2.36. The molecule has 3 heteroatoms. The predicted octanol–water partition coefficient (Wildman–Crippen LogP) is 2.59. The number of rotatable bonds is 1. The lowest BCUT2D eigenvalue weighted by atomic mass is 9.90. The van der Waals surface area contributed by atoms with Gasteiger partial charge in [-0.1, -0.05) is 23.7 Å². The molecule has 0 spiro atoms. The van der Waals surface area contributed by atoms with Gasteiger partial charge in [0.25, 0.3) is 0 Å². The van der Waals surface area contributed by atoms with E-state index in [9.17, 15) is 0 Å². The van der Waals surface area contributed by atoms with E-state index in [0.717, 1.165) is 11.6 Å². The van der Waals surface area contributed by atoms with E-state index in [-0.39, 0.29) is 0 Å². The Labute approximate surface area is 119 Å². The summed E-state index contributed by atoms with van der Waals surface area (Å²) in [6, 6.07) is 7.09. The molecular weight excluding hydrogens is 256 g/mol. The molecule has 0 bridgehead atoms. The summed E-state index contributed by atoms with van der Waals surface area (Å²) in [6.07, 6.45) is 3.89. The quantitative estimate of drug-likeness (QED) is 0.820. The third-order valence-electron chi connectivity index (χ3n) is 5.03. The molecular formula is C16H20ClN2+. The van der Waals surface area contributed by atoms with Crippen molar-refractivity contribution in [2.75, 3.05) is 13.1 Å². The van der Waals surface area contributed by atoms with E-state index in [2.05, 4.69) is 23.6 Å². The normalized spacial score (nSPS) is 25.6. The van der Waals surface area contributed by atoms with Gasteiger partial charge in [-0.25, -0.2) is 0 Å². The number of hydrogen-bond donors (Lipinski definition) is 1. The fraction of sp³-hybridized carbons (Fsp3) is 0.500. The van der Waals surface area contributed by atoms with Crippen molar-refractivity contribution in [3.05, 3.63) is 34.5 Å². The maximum absolute atomic E-state index is 6.48. The standard InChI is InChI=1S/C16H19ClN2/c1-2-18-9-10-19-15-11(5-3-7-13(15)17)12-6-4-8-14(18)16(12)19/h3,5,7,14H,2,4,6,8-10H2,1H3/p+1/t14-/m0/s1. The highest BCUT2D eigenvalue weighted by Crippen LogP contribution is 2.39. The van der Waals surface area contributed by atoms with Crippen molar-refractivity contribution >= 4 is 22.5 Å². The summed E-state index contributed by atoms with van der Waals surface area (Å²) in [5.74, 6) is 0. The Morgan fingerprint density at radius 3 is 3.16 bits per heavy atom. The molecule has 2 aromatic rings. The second-order valence-corrected chi connectivity index (χ2v) is 6.27. The summed E-state index contributed by atoms with van der Waals surface area (Å²) in [4.78, 5) is 1.76. The average molecular weight is 276 g/mol. The van der Waals surface area contributed by atoms with Gasteiger partial charge in [-0.3, -0.25) is 0 Å². The molecule has 0 amide bonds. The van der Waals surface area contributed by atoms with Crippen LogP contribution in [0, 0.1) is 0 Å². The Kier molecular flexibility index (Phi) is 2.64. The Hall–Kier alpha value is -0.990. The van der Waals surface area contributed by atoms with E-state index >= 15 is 0 Å². The maximum atomic E-state index is 6.48. The van der Waals surface area contributed by atoms with Crippen molar-refractivity contribution in [2.45, 2.75) is 38.8 Å². The highest BCUT2D eigenvalue weighted by Gasteiger charge is 2.37. The van der Waals surface area contributed by atoms with Crippen molar-refractivity contribution < 1.29 is 4.90 Å². The molecule has 1 unspecified atom stereocenters. The first kappa shape index (κ1) is 11.8. The summed E-state index contributed by atoms with van der Waals surface area (Å²) >= 11 is 6.48. The summed E-state index contributed by atoms with van der Waals surface area (Å²) in [5, 5.41) is 2.33. The second kappa shape index (κ2) is 4.26. The van der Waals surface area contributed by atoms with Crippen LogP contribution < -0.4 is 4.90 Å². The summed E-state index contributed by atoms with van der Waals surface area (Å²) < 4.78 is 2.52. The van der Waals surface area contributed by atoms with Gasteiger partial charge in [0.2, 0.25) is 0 Å². The van der Waals surface area contributed by atoms with Gasteiger partial charge in [0.1, 0.15) is 6.04 Å². The Bertz CT molecular complexity index is 644. The van der Waals surface area contributed by atoms with Crippen molar-refractivity contribution in [2.24, 2.45) is 0 Å². The molecule has 1 N–H and O–H groups in total. The molecule has 2 nitrogen and oxygen atoms in total. The van der Waals surface area contributed by atoms with Crippen molar-refractivity contribution in [3.63, 3.8) is 0 Å². The topological polar surface area (TPSA) is 9.37 Å². The predicted molar refractivity (Wildman–Crippen MR) is 79.0 cm³/mol. The second-order valence-electron chi connectivity index (χ2n) is 5.86. The minimum atomic E-state index is 0.700. The first-order chi connectivity index (χ1) is 9.31. The number of aryl methyl sites for hydroxylation is 1. The van der Waals surface area contributed by atoms with Crippen LogP contribution in [0.5, 0.6) is 0 Å². The Morgan fingerprint density at radius 1 is 1.42 bits per heavy atom. The minimum absolute atomic E-state index is 0.700. The molecule has 0 radical (unpaired) electrons. The Balaban J connectivity index is 2.05. The fourth-order valence-corrected chi connectivity index (χ4v) is 4.49. The van der Waals surface area contributed by atoms with Crippen molar-refractivity contribution in [3.8, 4) is 0 Å².